The Balaban J connectivity index is 1.65. The molecule has 29 heavy (non-hydrogen) atoms. The molecule has 0 bridgehead atoms. The second-order valence-corrected chi connectivity index (χ2v) is 6.17. The number of hydrogen-bond acceptors (Lipinski definition) is 5. The molecular weight excluding hydrogens is 374 g/mol. The Kier molecular flexibility index (Phi) is 5.98. The fourth-order valence-electron chi connectivity index (χ4n) is 2.63. The van der Waals surface area contributed by atoms with E-state index in [9.17, 15) is 14.4 Å². The summed E-state index contributed by atoms with van der Waals surface area (Å²) < 4.78 is 1.58. The van der Waals surface area contributed by atoms with Gasteiger partial charge < -0.3 is 15.7 Å². The molecule has 0 radical (unpaired) electrons. The minimum Gasteiger partial charge on any atom is -0.481 e. The Hall–Kier alpha value is -4.01. The van der Waals surface area contributed by atoms with Crippen LogP contribution in [-0.4, -0.2) is 44.2 Å². The zero-order valence-electron chi connectivity index (χ0n) is 15.6. The molecule has 9 heteroatoms. The lowest BCUT2D eigenvalue weighted by atomic mass is 10.2. The summed E-state index contributed by atoms with van der Waals surface area (Å²) in [7, 11) is 0. The first-order valence-corrected chi connectivity index (χ1v) is 8.83. The molecule has 0 aliphatic carbocycles. The molecule has 2 heterocycles. The zero-order valence-corrected chi connectivity index (χ0v) is 15.6. The molecule has 1 aromatic carbocycles. The summed E-state index contributed by atoms with van der Waals surface area (Å²) in [5.41, 5.74) is 1.94. The molecule has 0 aliphatic rings. The van der Waals surface area contributed by atoms with Crippen LogP contribution in [0.4, 0.5) is 5.69 Å². The van der Waals surface area contributed by atoms with Crippen molar-refractivity contribution in [3.8, 4) is 5.82 Å². The maximum atomic E-state index is 12.6. The first kappa shape index (κ1) is 19.7. The van der Waals surface area contributed by atoms with E-state index in [4.69, 9.17) is 5.11 Å². The number of amides is 2. The number of carboxylic acids is 1. The van der Waals surface area contributed by atoms with Gasteiger partial charge in [-0.15, -0.1) is 0 Å². The van der Waals surface area contributed by atoms with E-state index < -0.39 is 5.97 Å². The number of carbonyl (C=O) groups is 3. The lowest BCUT2D eigenvalue weighted by Gasteiger charge is -2.07. The molecule has 148 valence electrons. The Labute approximate surface area is 166 Å². The number of benzene rings is 1. The van der Waals surface area contributed by atoms with Crippen molar-refractivity contribution < 1.29 is 19.5 Å². The maximum Gasteiger partial charge on any atom is 0.305 e. The number of aliphatic carboxylic acids is 1. The summed E-state index contributed by atoms with van der Waals surface area (Å²) in [4.78, 5) is 39.2. The molecule has 3 aromatic rings. The van der Waals surface area contributed by atoms with E-state index in [0.717, 1.165) is 0 Å². The molecule has 0 saturated carbocycles. The van der Waals surface area contributed by atoms with Crippen LogP contribution in [0.25, 0.3) is 5.82 Å². The van der Waals surface area contributed by atoms with E-state index in [-0.39, 0.29) is 24.8 Å². The molecule has 0 saturated heterocycles. The van der Waals surface area contributed by atoms with Crippen LogP contribution in [0.2, 0.25) is 0 Å². The highest BCUT2D eigenvalue weighted by molar-refractivity contribution is 6.05. The quantitative estimate of drug-likeness (QED) is 0.564. The van der Waals surface area contributed by atoms with Crippen LogP contribution in [0.3, 0.4) is 0 Å². The molecule has 0 fully saturated rings. The Morgan fingerprint density at radius 3 is 2.48 bits per heavy atom. The molecule has 2 aromatic heterocycles. The zero-order chi connectivity index (χ0) is 20.8. The summed E-state index contributed by atoms with van der Waals surface area (Å²) in [5.74, 6) is -1.08. The molecular formula is C20H19N5O4. The average Bonchev–Trinajstić information content (AvgIpc) is 3.10. The van der Waals surface area contributed by atoms with Crippen LogP contribution in [0.1, 0.15) is 32.8 Å². The Morgan fingerprint density at radius 1 is 1.07 bits per heavy atom. The van der Waals surface area contributed by atoms with Crippen LogP contribution >= 0.6 is 0 Å². The van der Waals surface area contributed by atoms with Crippen molar-refractivity contribution in [1.82, 2.24) is 20.1 Å². The minimum atomic E-state index is -0.981. The highest BCUT2D eigenvalue weighted by atomic mass is 16.4. The Morgan fingerprint density at radius 2 is 1.83 bits per heavy atom. The molecule has 0 aliphatic heterocycles. The first-order chi connectivity index (χ1) is 14.0. The molecule has 3 N–H and O–H groups in total. The summed E-state index contributed by atoms with van der Waals surface area (Å²) in [6.07, 6.45) is 2.98. The third kappa shape index (κ3) is 4.83. The van der Waals surface area contributed by atoms with Gasteiger partial charge in [0.1, 0.15) is 0 Å². The average molecular weight is 393 g/mol. The topological polar surface area (TPSA) is 126 Å². The van der Waals surface area contributed by atoms with Gasteiger partial charge in [-0.25, -0.2) is 9.67 Å². The third-order valence-electron chi connectivity index (χ3n) is 4.15. The molecule has 9 nitrogen and oxygen atoms in total. The van der Waals surface area contributed by atoms with Crippen LogP contribution in [-0.2, 0) is 4.79 Å². The SMILES string of the molecule is Cc1c(C(=O)Nc2ccc(C(=O)NCCC(=O)O)cc2)cnn1-c1ccccn1. The monoisotopic (exact) mass is 393 g/mol. The molecule has 3 rings (SSSR count). The van der Waals surface area contributed by atoms with Gasteiger partial charge in [-0.3, -0.25) is 14.4 Å². The summed E-state index contributed by atoms with van der Waals surface area (Å²) in [5, 5.41) is 18.1. The second-order valence-electron chi connectivity index (χ2n) is 6.17. The van der Waals surface area contributed by atoms with Crippen LogP contribution in [0.15, 0.2) is 54.9 Å². The number of nitrogens with zero attached hydrogens (tertiary/aromatic N) is 3. The van der Waals surface area contributed by atoms with Crippen molar-refractivity contribution in [1.29, 1.82) is 0 Å². The van der Waals surface area contributed by atoms with Crippen LogP contribution in [0.5, 0.6) is 0 Å². The van der Waals surface area contributed by atoms with Gasteiger partial charge in [0.15, 0.2) is 5.82 Å². The van der Waals surface area contributed by atoms with Crippen molar-refractivity contribution in [3.05, 3.63) is 71.7 Å². The number of rotatable bonds is 7. The van der Waals surface area contributed by atoms with E-state index in [2.05, 4.69) is 20.7 Å². The van der Waals surface area contributed by atoms with Gasteiger partial charge in [0.05, 0.1) is 23.9 Å². The van der Waals surface area contributed by atoms with Crippen LogP contribution < -0.4 is 10.6 Å². The third-order valence-corrected chi connectivity index (χ3v) is 4.15. The summed E-state index contributed by atoms with van der Waals surface area (Å²) in [6, 6.07) is 11.7. The van der Waals surface area contributed by atoms with Crippen molar-refractivity contribution in [2.24, 2.45) is 0 Å². The predicted molar refractivity (Wildman–Crippen MR) is 105 cm³/mol. The van der Waals surface area contributed by atoms with E-state index in [0.29, 0.717) is 28.3 Å². The van der Waals surface area contributed by atoms with E-state index in [1.165, 1.54) is 6.20 Å². The van der Waals surface area contributed by atoms with Crippen molar-refractivity contribution in [2.45, 2.75) is 13.3 Å². The Bertz CT molecular complexity index is 1030. The lowest BCUT2D eigenvalue weighted by molar-refractivity contribution is -0.136. The summed E-state index contributed by atoms with van der Waals surface area (Å²) >= 11 is 0. The fraction of sp³-hybridized carbons (Fsp3) is 0.150. The standard InChI is InChI=1S/C20H19N5O4/c1-13-16(12-23-25(13)17-4-2-3-10-21-17)20(29)24-15-7-5-14(6-8-15)19(28)22-11-9-18(26)27/h2-8,10,12H,9,11H2,1H3,(H,22,28)(H,24,29)(H,26,27). The van der Waals surface area contributed by atoms with Gasteiger partial charge in [0.2, 0.25) is 0 Å². The first-order valence-electron chi connectivity index (χ1n) is 8.83. The number of hydrogen-bond donors (Lipinski definition) is 3. The van der Waals surface area contributed by atoms with Gasteiger partial charge in [-0.1, -0.05) is 6.07 Å². The van der Waals surface area contributed by atoms with Gasteiger partial charge in [-0.2, -0.15) is 5.10 Å². The number of carbonyl (C=O) groups excluding carboxylic acids is 2. The number of aromatic nitrogens is 3. The molecule has 0 unspecified atom stereocenters. The number of carboxylic acid groups (broad SMARTS) is 1. The summed E-state index contributed by atoms with van der Waals surface area (Å²) in [6.45, 7) is 1.83. The minimum absolute atomic E-state index is 0.0478. The molecule has 2 amide bonds. The van der Waals surface area contributed by atoms with Crippen molar-refractivity contribution >= 4 is 23.5 Å². The lowest BCUT2D eigenvalue weighted by Crippen LogP contribution is -2.25. The van der Waals surface area contributed by atoms with Gasteiger partial charge in [-0.05, 0) is 43.3 Å². The van der Waals surface area contributed by atoms with E-state index >= 15 is 0 Å². The fourth-order valence-corrected chi connectivity index (χ4v) is 2.63. The van der Waals surface area contributed by atoms with Gasteiger partial charge in [0, 0.05) is 24.0 Å². The highest BCUT2D eigenvalue weighted by Crippen LogP contribution is 2.15. The second kappa shape index (κ2) is 8.79. The number of anilines is 1. The largest absolute Gasteiger partial charge is 0.481 e. The maximum absolute atomic E-state index is 12.6. The number of nitrogens with one attached hydrogen (secondary N) is 2. The van der Waals surface area contributed by atoms with Gasteiger partial charge >= 0.3 is 5.97 Å². The smallest absolute Gasteiger partial charge is 0.305 e. The normalized spacial score (nSPS) is 10.4. The predicted octanol–water partition coefficient (Wildman–Crippen LogP) is 2.03. The van der Waals surface area contributed by atoms with Gasteiger partial charge in [0.25, 0.3) is 11.8 Å². The van der Waals surface area contributed by atoms with Crippen molar-refractivity contribution in [2.75, 3.05) is 11.9 Å². The highest BCUT2D eigenvalue weighted by Gasteiger charge is 2.16. The van der Waals surface area contributed by atoms with E-state index in [1.807, 2.05) is 6.07 Å². The number of pyridine rings is 1. The van der Waals surface area contributed by atoms with E-state index in [1.54, 1.807) is 54.2 Å². The van der Waals surface area contributed by atoms with Crippen molar-refractivity contribution in [3.63, 3.8) is 0 Å². The molecule has 0 spiro atoms. The van der Waals surface area contributed by atoms with Crippen LogP contribution in [0, 0.1) is 6.92 Å². The molecule has 0 atom stereocenters.